The van der Waals surface area contributed by atoms with Gasteiger partial charge in [0.2, 0.25) is 0 Å². The first kappa shape index (κ1) is 11.9. The SMILES string of the molecule is COc1cc2c(cc1OC)N(C)CC(C)(C)N2. The topological polar surface area (TPSA) is 33.7 Å². The number of hydrogen-bond donors (Lipinski definition) is 1. The third-order valence-electron chi connectivity index (χ3n) is 3.02. The average molecular weight is 236 g/mol. The van der Waals surface area contributed by atoms with E-state index in [0.29, 0.717) is 0 Å². The Morgan fingerprint density at radius 1 is 1.18 bits per heavy atom. The molecule has 0 unspecified atom stereocenters. The molecule has 94 valence electrons. The predicted octanol–water partition coefficient (Wildman–Crippen LogP) is 2.34. The van der Waals surface area contributed by atoms with E-state index in [1.165, 1.54) is 0 Å². The maximum atomic E-state index is 5.32. The summed E-state index contributed by atoms with van der Waals surface area (Å²) < 4.78 is 10.6. The van der Waals surface area contributed by atoms with Crippen molar-refractivity contribution < 1.29 is 9.47 Å². The Balaban J connectivity index is 2.50. The number of hydrogen-bond acceptors (Lipinski definition) is 4. The van der Waals surface area contributed by atoms with Crippen molar-refractivity contribution in [2.24, 2.45) is 0 Å². The predicted molar refractivity (Wildman–Crippen MR) is 70.5 cm³/mol. The van der Waals surface area contributed by atoms with Gasteiger partial charge in [-0.1, -0.05) is 0 Å². The molecule has 0 saturated heterocycles. The molecule has 0 aromatic heterocycles. The second-order valence-corrected chi connectivity index (χ2v) is 5.09. The third-order valence-corrected chi connectivity index (χ3v) is 3.02. The van der Waals surface area contributed by atoms with Crippen molar-refractivity contribution in [2.75, 3.05) is 38.0 Å². The van der Waals surface area contributed by atoms with Gasteiger partial charge in [-0.25, -0.2) is 0 Å². The molecule has 0 bridgehead atoms. The summed E-state index contributed by atoms with van der Waals surface area (Å²) in [4.78, 5) is 2.23. The van der Waals surface area contributed by atoms with Gasteiger partial charge in [0.25, 0.3) is 0 Å². The van der Waals surface area contributed by atoms with Crippen LogP contribution in [-0.2, 0) is 0 Å². The molecule has 4 heteroatoms. The molecule has 17 heavy (non-hydrogen) atoms. The van der Waals surface area contributed by atoms with Gasteiger partial charge in [-0.15, -0.1) is 0 Å². The van der Waals surface area contributed by atoms with E-state index in [2.05, 4.69) is 31.1 Å². The number of fused-ring (bicyclic) bond motifs is 1. The Kier molecular flexibility index (Phi) is 2.81. The first-order valence-corrected chi connectivity index (χ1v) is 5.72. The van der Waals surface area contributed by atoms with Crippen molar-refractivity contribution in [1.29, 1.82) is 0 Å². The standard InChI is InChI=1S/C13H20N2O2/c1-13(2)8-15(3)10-7-12(17-5)11(16-4)6-9(10)14-13/h6-7,14H,8H2,1-5H3. The molecule has 0 saturated carbocycles. The largest absolute Gasteiger partial charge is 0.493 e. The Labute approximate surface area is 103 Å². The van der Waals surface area contributed by atoms with Gasteiger partial charge in [-0.05, 0) is 13.8 Å². The Hall–Kier alpha value is -1.58. The molecule has 2 rings (SSSR count). The lowest BCUT2D eigenvalue weighted by Gasteiger charge is -2.40. The fraction of sp³-hybridized carbons (Fsp3) is 0.538. The van der Waals surface area contributed by atoms with Crippen molar-refractivity contribution in [3.8, 4) is 11.5 Å². The van der Waals surface area contributed by atoms with Crippen molar-refractivity contribution in [3.63, 3.8) is 0 Å². The van der Waals surface area contributed by atoms with Crippen LogP contribution in [-0.4, -0.2) is 33.4 Å². The first-order chi connectivity index (χ1) is 7.96. The molecule has 1 aliphatic rings. The molecule has 0 spiro atoms. The van der Waals surface area contributed by atoms with E-state index in [1.54, 1.807) is 14.2 Å². The van der Waals surface area contributed by atoms with E-state index < -0.39 is 0 Å². The highest BCUT2D eigenvalue weighted by atomic mass is 16.5. The number of nitrogens with one attached hydrogen (secondary N) is 1. The van der Waals surface area contributed by atoms with Crippen LogP contribution in [0.3, 0.4) is 0 Å². The zero-order valence-corrected chi connectivity index (χ0v) is 11.1. The zero-order valence-electron chi connectivity index (χ0n) is 11.1. The summed E-state index contributed by atoms with van der Waals surface area (Å²) >= 11 is 0. The van der Waals surface area contributed by atoms with Crippen molar-refractivity contribution >= 4 is 11.4 Å². The Bertz CT molecular complexity index is 430. The van der Waals surface area contributed by atoms with Crippen LogP contribution in [0, 0.1) is 0 Å². The number of rotatable bonds is 2. The lowest BCUT2D eigenvalue weighted by molar-refractivity contribution is 0.354. The molecule has 1 N–H and O–H groups in total. The van der Waals surface area contributed by atoms with E-state index in [-0.39, 0.29) is 5.54 Å². The van der Waals surface area contributed by atoms with Gasteiger partial charge in [0, 0.05) is 31.3 Å². The molecule has 1 heterocycles. The number of benzene rings is 1. The van der Waals surface area contributed by atoms with Crippen molar-refractivity contribution in [2.45, 2.75) is 19.4 Å². The maximum absolute atomic E-state index is 5.32. The monoisotopic (exact) mass is 236 g/mol. The normalized spacial score (nSPS) is 17.1. The van der Waals surface area contributed by atoms with Gasteiger partial charge in [-0.3, -0.25) is 0 Å². The van der Waals surface area contributed by atoms with Crippen LogP contribution in [0.25, 0.3) is 0 Å². The highest BCUT2D eigenvalue weighted by Crippen LogP contribution is 2.41. The van der Waals surface area contributed by atoms with Gasteiger partial charge in [0.05, 0.1) is 25.6 Å². The number of ether oxygens (including phenoxy) is 2. The second kappa shape index (κ2) is 4.02. The average Bonchev–Trinajstić information content (AvgIpc) is 2.26. The van der Waals surface area contributed by atoms with Crippen LogP contribution >= 0.6 is 0 Å². The van der Waals surface area contributed by atoms with Crippen LogP contribution in [0.5, 0.6) is 11.5 Å². The number of nitrogens with zero attached hydrogens (tertiary/aromatic N) is 1. The van der Waals surface area contributed by atoms with Gasteiger partial charge in [-0.2, -0.15) is 0 Å². The molecule has 0 amide bonds. The van der Waals surface area contributed by atoms with Crippen molar-refractivity contribution in [1.82, 2.24) is 0 Å². The molecular formula is C13H20N2O2. The maximum Gasteiger partial charge on any atom is 0.162 e. The van der Waals surface area contributed by atoms with E-state index in [0.717, 1.165) is 29.4 Å². The molecular weight excluding hydrogens is 216 g/mol. The molecule has 1 aromatic carbocycles. The Morgan fingerprint density at radius 2 is 1.76 bits per heavy atom. The third kappa shape index (κ3) is 2.12. The smallest absolute Gasteiger partial charge is 0.162 e. The lowest BCUT2D eigenvalue weighted by Crippen LogP contribution is -2.46. The summed E-state index contributed by atoms with van der Waals surface area (Å²) in [6.45, 7) is 5.32. The van der Waals surface area contributed by atoms with E-state index >= 15 is 0 Å². The molecule has 1 aliphatic heterocycles. The second-order valence-electron chi connectivity index (χ2n) is 5.09. The minimum Gasteiger partial charge on any atom is -0.493 e. The van der Waals surface area contributed by atoms with Crippen LogP contribution in [0.4, 0.5) is 11.4 Å². The Morgan fingerprint density at radius 3 is 2.35 bits per heavy atom. The fourth-order valence-corrected chi connectivity index (χ4v) is 2.37. The van der Waals surface area contributed by atoms with Gasteiger partial charge >= 0.3 is 0 Å². The van der Waals surface area contributed by atoms with E-state index in [9.17, 15) is 0 Å². The first-order valence-electron chi connectivity index (χ1n) is 5.72. The highest BCUT2D eigenvalue weighted by molar-refractivity contribution is 5.77. The van der Waals surface area contributed by atoms with Gasteiger partial charge < -0.3 is 19.7 Å². The minimum absolute atomic E-state index is 0.0569. The van der Waals surface area contributed by atoms with Crippen LogP contribution < -0.4 is 19.7 Å². The summed E-state index contributed by atoms with van der Waals surface area (Å²) in [6.07, 6.45) is 0. The summed E-state index contributed by atoms with van der Waals surface area (Å²) in [6, 6.07) is 4.00. The summed E-state index contributed by atoms with van der Waals surface area (Å²) in [5.74, 6) is 1.52. The van der Waals surface area contributed by atoms with Crippen LogP contribution in [0.2, 0.25) is 0 Å². The quantitative estimate of drug-likeness (QED) is 0.854. The molecule has 0 fully saturated rings. The van der Waals surface area contributed by atoms with E-state index in [1.807, 2.05) is 12.1 Å². The van der Waals surface area contributed by atoms with Gasteiger partial charge in [0.1, 0.15) is 0 Å². The van der Waals surface area contributed by atoms with Crippen LogP contribution in [0.1, 0.15) is 13.8 Å². The zero-order chi connectivity index (χ0) is 12.6. The summed E-state index contributed by atoms with van der Waals surface area (Å²) in [7, 11) is 5.40. The minimum atomic E-state index is 0.0569. The summed E-state index contributed by atoms with van der Waals surface area (Å²) in [5, 5.41) is 3.52. The van der Waals surface area contributed by atoms with E-state index in [4.69, 9.17) is 9.47 Å². The fourth-order valence-electron chi connectivity index (χ4n) is 2.37. The number of methoxy groups -OCH3 is 2. The number of likely N-dealkylation sites (N-methyl/N-ethyl adjacent to an activating group) is 1. The molecule has 0 radical (unpaired) electrons. The lowest BCUT2D eigenvalue weighted by atomic mass is 9.99. The van der Waals surface area contributed by atoms with Crippen molar-refractivity contribution in [3.05, 3.63) is 12.1 Å². The summed E-state index contributed by atoms with van der Waals surface area (Å²) in [5.41, 5.74) is 2.28. The molecule has 0 atom stereocenters. The number of anilines is 2. The molecule has 0 aliphatic carbocycles. The van der Waals surface area contributed by atoms with Gasteiger partial charge in [0.15, 0.2) is 11.5 Å². The molecule has 4 nitrogen and oxygen atoms in total. The molecule has 1 aromatic rings. The highest BCUT2D eigenvalue weighted by Gasteiger charge is 2.28. The van der Waals surface area contributed by atoms with Crippen LogP contribution in [0.15, 0.2) is 12.1 Å².